The number of hydrogen-bond acceptors (Lipinski definition) is 5. The lowest BCUT2D eigenvalue weighted by molar-refractivity contribution is -0.384. The summed E-state index contributed by atoms with van der Waals surface area (Å²) in [6, 6.07) is 12.4. The summed E-state index contributed by atoms with van der Waals surface area (Å²) in [7, 11) is 1.56. The van der Waals surface area contributed by atoms with Crippen molar-refractivity contribution in [2.75, 3.05) is 13.7 Å². The van der Waals surface area contributed by atoms with Crippen molar-refractivity contribution in [3.63, 3.8) is 0 Å². The Labute approximate surface area is 192 Å². The summed E-state index contributed by atoms with van der Waals surface area (Å²) in [5.41, 5.74) is 4.56. The Morgan fingerprint density at radius 2 is 2.03 bits per heavy atom. The Hall–Kier alpha value is -3.46. The van der Waals surface area contributed by atoms with E-state index in [9.17, 15) is 10.1 Å². The number of pyridine rings is 1. The molecule has 0 aliphatic carbocycles. The average Bonchev–Trinajstić information content (AvgIpc) is 3.28. The second kappa shape index (κ2) is 8.58. The minimum atomic E-state index is -0.396. The molecule has 9 heteroatoms. The zero-order valence-corrected chi connectivity index (χ0v) is 19.2. The zero-order valence-electron chi connectivity index (χ0n) is 18.4. The van der Waals surface area contributed by atoms with E-state index in [0.29, 0.717) is 16.5 Å². The van der Waals surface area contributed by atoms with Crippen LogP contribution in [0.5, 0.6) is 5.75 Å². The molecule has 3 aromatic rings. The Balaban J connectivity index is 1.88. The molecule has 0 saturated carbocycles. The van der Waals surface area contributed by atoms with E-state index in [-0.39, 0.29) is 17.8 Å². The number of nitro benzene ring substituents is 1. The summed E-state index contributed by atoms with van der Waals surface area (Å²) in [5.74, 6) is 0.567. The quantitative estimate of drug-likeness (QED) is 0.338. The minimum absolute atomic E-state index is 0.0140. The maximum absolute atomic E-state index is 11.4. The van der Waals surface area contributed by atoms with Gasteiger partial charge in [0.2, 0.25) is 0 Å². The fourth-order valence-corrected chi connectivity index (χ4v) is 4.88. The molecule has 1 N–H and O–H groups in total. The van der Waals surface area contributed by atoms with Gasteiger partial charge in [0.1, 0.15) is 5.75 Å². The number of hydrogen-bond donors (Lipinski definition) is 1. The van der Waals surface area contributed by atoms with Crippen LogP contribution in [0.1, 0.15) is 41.7 Å². The number of nitrogens with one attached hydrogen (secondary N) is 1. The van der Waals surface area contributed by atoms with Gasteiger partial charge < -0.3 is 19.5 Å². The number of aryl methyl sites for hydroxylation is 1. The first-order valence-corrected chi connectivity index (χ1v) is 10.8. The van der Waals surface area contributed by atoms with Crippen LogP contribution in [0.2, 0.25) is 0 Å². The van der Waals surface area contributed by atoms with Gasteiger partial charge >= 0.3 is 0 Å². The van der Waals surface area contributed by atoms with Gasteiger partial charge in [-0.3, -0.25) is 15.1 Å². The summed E-state index contributed by atoms with van der Waals surface area (Å²) in [4.78, 5) is 17.7. The minimum Gasteiger partial charge on any atom is -0.495 e. The van der Waals surface area contributed by atoms with Crippen LogP contribution in [0.15, 0.2) is 48.7 Å². The third kappa shape index (κ3) is 3.58. The number of nitro groups is 1. The van der Waals surface area contributed by atoms with Crippen molar-refractivity contribution in [1.82, 2.24) is 19.8 Å². The molecule has 166 valence electrons. The molecule has 32 heavy (non-hydrogen) atoms. The van der Waals surface area contributed by atoms with Crippen molar-refractivity contribution in [3.8, 4) is 11.4 Å². The molecule has 2 atom stereocenters. The summed E-state index contributed by atoms with van der Waals surface area (Å²) < 4.78 is 7.54. The number of thiocarbonyl (C=S) groups is 1. The van der Waals surface area contributed by atoms with E-state index in [2.05, 4.69) is 28.2 Å². The Morgan fingerprint density at radius 1 is 1.25 bits per heavy atom. The van der Waals surface area contributed by atoms with Crippen LogP contribution in [0, 0.1) is 24.0 Å². The van der Waals surface area contributed by atoms with Crippen LogP contribution in [0.3, 0.4) is 0 Å². The van der Waals surface area contributed by atoms with Crippen LogP contribution in [-0.4, -0.2) is 38.1 Å². The highest BCUT2D eigenvalue weighted by molar-refractivity contribution is 7.80. The predicted molar refractivity (Wildman–Crippen MR) is 126 cm³/mol. The maximum atomic E-state index is 11.4. The maximum Gasteiger partial charge on any atom is 0.271 e. The highest BCUT2D eigenvalue weighted by Gasteiger charge is 2.40. The number of nitrogens with zero attached hydrogens (tertiary/aromatic N) is 4. The van der Waals surface area contributed by atoms with Crippen LogP contribution >= 0.6 is 12.2 Å². The van der Waals surface area contributed by atoms with Gasteiger partial charge in [-0.15, -0.1) is 0 Å². The van der Waals surface area contributed by atoms with E-state index in [1.807, 2.05) is 36.6 Å². The molecule has 2 aromatic heterocycles. The standard InChI is InChI=1S/C23H25N5O3S/c1-5-26-22(21(25-23(26)32)18-8-6-7-11-24-18)17-12-14(2)27(15(17)3)19-13-16(28(29)30)9-10-20(19)31-4/h6-13,21-22H,5H2,1-4H3,(H,25,32)/t21-,22+/m0/s1. The van der Waals surface area contributed by atoms with E-state index in [1.54, 1.807) is 25.4 Å². The molecule has 1 aromatic carbocycles. The normalized spacial score (nSPS) is 18.0. The molecule has 0 spiro atoms. The fourth-order valence-electron chi connectivity index (χ4n) is 4.51. The molecule has 0 unspecified atom stereocenters. The molecule has 1 fully saturated rings. The summed E-state index contributed by atoms with van der Waals surface area (Å²) in [6.07, 6.45) is 1.78. The summed E-state index contributed by atoms with van der Waals surface area (Å²) in [6.45, 7) is 6.82. The molecule has 0 radical (unpaired) electrons. The molecular formula is C23H25N5O3S. The first kappa shape index (κ1) is 21.8. The Kier molecular flexibility index (Phi) is 5.84. The third-order valence-corrected chi connectivity index (χ3v) is 6.29. The van der Waals surface area contributed by atoms with Gasteiger partial charge in [0.25, 0.3) is 5.69 Å². The van der Waals surface area contributed by atoms with Crippen molar-refractivity contribution in [3.05, 3.63) is 81.4 Å². The SMILES string of the molecule is CCN1C(=S)N[C@@H](c2ccccn2)[C@H]1c1cc(C)n(-c2cc([N+](=O)[O-])ccc2OC)c1C. The van der Waals surface area contributed by atoms with Gasteiger partial charge in [-0.05, 0) is 62.8 Å². The van der Waals surface area contributed by atoms with Gasteiger partial charge in [-0.2, -0.15) is 0 Å². The van der Waals surface area contributed by atoms with Gasteiger partial charge in [0.15, 0.2) is 5.11 Å². The lowest BCUT2D eigenvalue weighted by Gasteiger charge is -2.27. The fraction of sp³-hybridized carbons (Fsp3) is 0.304. The number of rotatable bonds is 6. The van der Waals surface area contributed by atoms with E-state index in [4.69, 9.17) is 17.0 Å². The van der Waals surface area contributed by atoms with Gasteiger partial charge in [0, 0.05) is 36.3 Å². The topological polar surface area (TPSA) is 85.5 Å². The van der Waals surface area contributed by atoms with Crippen LogP contribution < -0.4 is 10.1 Å². The van der Waals surface area contributed by atoms with E-state index in [1.165, 1.54) is 6.07 Å². The molecule has 3 heterocycles. The molecule has 1 aliphatic heterocycles. The summed E-state index contributed by atoms with van der Waals surface area (Å²) >= 11 is 5.64. The largest absolute Gasteiger partial charge is 0.495 e. The van der Waals surface area contributed by atoms with Crippen LogP contribution in [0.4, 0.5) is 5.69 Å². The number of likely N-dealkylation sites (N-methyl/N-ethyl adjacent to an activating group) is 1. The highest BCUT2D eigenvalue weighted by atomic mass is 32.1. The highest BCUT2D eigenvalue weighted by Crippen LogP contribution is 2.42. The average molecular weight is 452 g/mol. The van der Waals surface area contributed by atoms with Crippen LogP contribution in [0.25, 0.3) is 5.69 Å². The lowest BCUT2D eigenvalue weighted by Crippen LogP contribution is -2.29. The second-order valence-electron chi connectivity index (χ2n) is 7.69. The van der Waals surface area contributed by atoms with E-state index >= 15 is 0 Å². The zero-order chi connectivity index (χ0) is 23.0. The van der Waals surface area contributed by atoms with E-state index < -0.39 is 4.92 Å². The lowest BCUT2D eigenvalue weighted by atomic mass is 9.97. The van der Waals surface area contributed by atoms with E-state index in [0.717, 1.165) is 29.2 Å². The van der Waals surface area contributed by atoms with Crippen LogP contribution in [-0.2, 0) is 0 Å². The molecule has 1 aliphatic rings. The third-order valence-electron chi connectivity index (χ3n) is 5.94. The molecule has 8 nitrogen and oxygen atoms in total. The molecule has 1 saturated heterocycles. The number of methoxy groups -OCH3 is 1. The van der Waals surface area contributed by atoms with Gasteiger partial charge in [-0.1, -0.05) is 6.07 Å². The van der Waals surface area contributed by atoms with Gasteiger partial charge in [-0.25, -0.2) is 0 Å². The van der Waals surface area contributed by atoms with Crippen molar-refractivity contribution < 1.29 is 9.66 Å². The molecular weight excluding hydrogens is 426 g/mol. The smallest absolute Gasteiger partial charge is 0.271 e. The van der Waals surface area contributed by atoms with Gasteiger partial charge in [0.05, 0.1) is 35.5 Å². The molecule has 0 bridgehead atoms. The van der Waals surface area contributed by atoms with Crippen molar-refractivity contribution in [1.29, 1.82) is 0 Å². The number of ether oxygens (including phenoxy) is 1. The Morgan fingerprint density at radius 3 is 2.66 bits per heavy atom. The number of non-ortho nitro benzene ring substituents is 1. The Bertz CT molecular complexity index is 1180. The van der Waals surface area contributed by atoms with Crippen molar-refractivity contribution in [2.45, 2.75) is 32.9 Å². The first-order valence-electron chi connectivity index (χ1n) is 10.4. The summed E-state index contributed by atoms with van der Waals surface area (Å²) in [5, 5.41) is 15.5. The second-order valence-corrected chi connectivity index (χ2v) is 8.07. The molecule has 0 amide bonds. The number of benzene rings is 1. The monoisotopic (exact) mass is 451 g/mol. The van der Waals surface area contributed by atoms with Crippen molar-refractivity contribution >= 4 is 23.0 Å². The number of aromatic nitrogens is 2. The first-order chi connectivity index (χ1) is 15.4. The molecule has 4 rings (SSSR count). The predicted octanol–water partition coefficient (Wildman–Crippen LogP) is 4.40. The van der Waals surface area contributed by atoms with Crippen molar-refractivity contribution in [2.24, 2.45) is 0 Å².